The van der Waals surface area contributed by atoms with Gasteiger partial charge in [-0.2, -0.15) is 0 Å². The lowest BCUT2D eigenvalue weighted by molar-refractivity contribution is -0.144. The van der Waals surface area contributed by atoms with Crippen LogP contribution in [0.2, 0.25) is 6.32 Å². The zero-order chi connectivity index (χ0) is 17.3. The molecule has 0 aliphatic heterocycles. The molecule has 1 rings (SSSR count). The number of rotatable bonds is 11. The molecule has 0 aromatic heterocycles. The first-order valence-corrected chi connectivity index (χ1v) is 7.91. The smallest absolute Gasteiger partial charge is 0.451 e. The first kappa shape index (κ1) is 19.5. The third kappa shape index (κ3) is 7.50. The van der Waals surface area contributed by atoms with E-state index in [4.69, 9.17) is 20.5 Å². The normalized spacial score (nSPS) is 13.4. The first-order chi connectivity index (χ1) is 10.8. The van der Waals surface area contributed by atoms with Crippen molar-refractivity contribution in [3.63, 3.8) is 0 Å². The molecule has 0 radical (unpaired) electrons. The number of hydrogen-bond acceptors (Lipinski definition) is 5. The van der Waals surface area contributed by atoms with Gasteiger partial charge in [-0.1, -0.05) is 30.5 Å². The highest BCUT2D eigenvalue weighted by molar-refractivity contribution is 6.40. The summed E-state index contributed by atoms with van der Waals surface area (Å²) in [4.78, 5) is 11.4. The van der Waals surface area contributed by atoms with Crippen molar-refractivity contribution in [2.45, 2.75) is 50.9 Å². The van der Waals surface area contributed by atoms with Gasteiger partial charge >= 0.3 is 13.1 Å². The molecule has 1 aromatic rings. The van der Waals surface area contributed by atoms with Crippen LogP contribution in [-0.4, -0.2) is 40.4 Å². The Kier molecular flexibility index (Phi) is 8.09. The summed E-state index contributed by atoms with van der Waals surface area (Å²) in [6, 6.07) is 7.66. The molecule has 0 spiro atoms. The Morgan fingerprint density at radius 1 is 1.17 bits per heavy atom. The van der Waals surface area contributed by atoms with Gasteiger partial charge in [0.15, 0.2) is 0 Å². The van der Waals surface area contributed by atoms with Crippen LogP contribution in [0.25, 0.3) is 0 Å². The SMILES string of the molecule is Cc1ccc(OCCCC(N)(CCCCB(O)O)C(=O)O)cc1. The van der Waals surface area contributed by atoms with Crippen LogP contribution in [0, 0.1) is 6.92 Å². The van der Waals surface area contributed by atoms with Gasteiger partial charge in [-0.25, -0.2) is 0 Å². The highest BCUT2D eigenvalue weighted by Gasteiger charge is 2.32. The van der Waals surface area contributed by atoms with Crippen LogP contribution >= 0.6 is 0 Å². The van der Waals surface area contributed by atoms with Crippen LogP contribution in [0.4, 0.5) is 0 Å². The third-order valence-electron chi connectivity index (χ3n) is 3.82. The van der Waals surface area contributed by atoms with Crippen molar-refractivity contribution in [3.05, 3.63) is 29.8 Å². The van der Waals surface area contributed by atoms with Crippen molar-refractivity contribution >= 4 is 13.1 Å². The van der Waals surface area contributed by atoms with Gasteiger partial charge in [-0.05, 0) is 44.6 Å². The predicted octanol–water partition coefficient (Wildman–Crippen LogP) is 1.58. The van der Waals surface area contributed by atoms with Crippen LogP contribution < -0.4 is 10.5 Å². The van der Waals surface area contributed by atoms with Gasteiger partial charge in [0.2, 0.25) is 0 Å². The monoisotopic (exact) mass is 323 g/mol. The van der Waals surface area contributed by atoms with E-state index in [-0.39, 0.29) is 6.32 Å². The molecular formula is C16H26BNO5. The molecule has 0 bridgehead atoms. The maximum Gasteiger partial charge on any atom is 0.451 e. The Hall–Kier alpha value is -1.57. The fraction of sp³-hybridized carbons (Fsp3) is 0.562. The number of hydrogen-bond donors (Lipinski definition) is 4. The maximum atomic E-state index is 11.4. The van der Waals surface area contributed by atoms with Crippen molar-refractivity contribution in [3.8, 4) is 5.75 Å². The van der Waals surface area contributed by atoms with Gasteiger partial charge in [0.05, 0.1) is 6.61 Å². The van der Waals surface area contributed by atoms with Crippen molar-refractivity contribution < 1.29 is 24.7 Å². The quantitative estimate of drug-likeness (QED) is 0.363. The molecule has 0 saturated heterocycles. The standard InChI is InChI=1S/C16H26BNO5/c1-13-5-7-14(8-6-13)23-12-4-10-16(18,15(19)20)9-2-3-11-17(21)22/h5-8,21-22H,2-4,9-12,18H2,1H3,(H,19,20). The summed E-state index contributed by atoms with van der Waals surface area (Å²) < 4.78 is 5.58. The van der Waals surface area contributed by atoms with E-state index < -0.39 is 18.6 Å². The minimum Gasteiger partial charge on any atom is -0.494 e. The van der Waals surface area contributed by atoms with Gasteiger partial charge in [0.1, 0.15) is 11.3 Å². The van der Waals surface area contributed by atoms with Crippen LogP contribution in [0.15, 0.2) is 24.3 Å². The average molecular weight is 323 g/mol. The zero-order valence-corrected chi connectivity index (χ0v) is 13.6. The fourth-order valence-corrected chi connectivity index (χ4v) is 2.32. The summed E-state index contributed by atoms with van der Waals surface area (Å²) in [5.41, 5.74) is 5.83. The summed E-state index contributed by atoms with van der Waals surface area (Å²) in [5, 5.41) is 26.9. The largest absolute Gasteiger partial charge is 0.494 e. The number of carboxylic acids is 1. The topological polar surface area (TPSA) is 113 Å². The number of carboxylic acid groups (broad SMARTS) is 1. The van der Waals surface area contributed by atoms with Crippen molar-refractivity contribution in [2.24, 2.45) is 5.73 Å². The number of benzene rings is 1. The molecule has 1 atom stereocenters. The zero-order valence-electron chi connectivity index (χ0n) is 13.6. The third-order valence-corrected chi connectivity index (χ3v) is 3.82. The first-order valence-electron chi connectivity index (χ1n) is 7.91. The Bertz CT molecular complexity index is 480. The number of aliphatic carboxylic acids is 1. The molecule has 6 nitrogen and oxygen atoms in total. The van der Waals surface area contributed by atoms with Crippen LogP contribution in [0.3, 0.4) is 0 Å². The van der Waals surface area contributed by atoms with Crippen LogP contribution in [0.1, 0.15) is 37.7 Å². The molecule has 0 fully saturated rings. The highest BCUT2D eigenvalue weighted by atomic mass is 16.5. The summed E-state index contributed by atoms with van der Waals surface area (Å²) in [6.07, 6.45) is 2.46. The van der Waals surface area contributed by atoms with E-state index >= 15 is 0 Å². The van der Waals surface area contributed by atoms with Gasteiger partial charge in [0.25, 0.3) is 0 Å². The van der Waals surface area contributed by atoms with E-state index in [1.54, 1.807) is 0 Å². The van der Waals surface area contributed by atoms with E-state index in [0.29, 0.717) is 38.7 Å². The Labute approximate surface area is 137 Å². The molecule has 0 amide bonds. The van der Waals surface area contributed by atoms with Crippen molar-refractivity contribution in [2.75, 3.05) is 6.61 Å². The fourth-order valence-electron chi connectivity index (χ4n) is 2.32. The summed E-state index contributed by atoms with van der Waals surface area (Å²) in [6.45, 7) is 2.40. The number of ether oxygens (including phenoxy) is 1. The second kappa shape index (κ2) is 9.55. The van der Waals surface area contributed by atoms with Gasteiger partial charge < -0.3 is 25.6 Å². The Morgan fingerprint density at radius 3 is 2.35 bits per heavy atom. The second-order valence-corrected chi connectivity index (χ2v) is 5.95. The van der Waals surface area contributed by atoms with E-state index in [1.165, 1.54) is 0 Å². The Balaban J connectivity index is 2.34. The van der Waals surface area contributed by atoms with Crippen molar-refractivity contribution in [1.82, 2.24) is 0 Å². The molecule has 7 heteroatoms. The van der Waals surface area contributed by atoms with E-state index in [9.17, 15) is 9.90 Å². The predicted molar refractivity (Wildman–Crippen MR) is 89.3 cm³/mol. The summed E-state index contributed by atoms with van der Waals surface area (Å²) in [5.74, 6) is -0.275. The minimum atomic E-state index is -1.35. The number of unbranched alkanes of at least 4 members (excludes halogenated alkanes) is 1. The van der Waals surface area contributed by atoms with E-state index in [2.05, 4.69) is 0 Å². The number of aryl methyl sites for hydroxylation is 1. The molecule has 0 saturated carbocycles. The highest BCUT2D eigenvalue weighted by Crippen LogP contribution is 2.20. The molecule has 128 valence electrons. The average Bonchev–Trinajstić information content (AvgIpc) is 2.49. The summed E-state index contributed by atoms with van der Waals surface area (Å²) >= 11 is 0. The lowest BCUT2D eigenvalue weighted by Crippen LogP contribution is -2.48. The lowest BCUT2D eigenvalue weighted by atomic mass is 9.81. The Morgan fingerprint density at radius 2 is 1.78 bits per heavy atom. The van der Waals surface area contributed by atoms with E-state index in [0.717, 1.165) is 11.3 Å². The molecule has 0 heterocycles. The maximum absolute atomic E-state index is 11.4. The van der Waals surface area contributed by atoms with Gasteiger partial charge in [-0.15, -0.1) is 0 Å². The van der Waals surface area contributed by atoms with Crippen LogP contribution in [0.5, 0.6) is 5.75 Å². The molecule has 5 N–H and O–H groups in total. The number of carbonyl (C=O) groups is 1. The van der Waals surface area contributed by atoms with Crippen molar-refractivity contribution in [1.29, 1.82) is 0 Å². The van der Waals surface area contributed by atoms with Gasteiger partial charge in [-0.3, -0.25) is 4.79 Å². The molecule has 0 aliphatic carbocycles. The van der Waals surface area contributed by atoms with Crippen LogP contribution in [-0.2, 0) is 4.79 Å². The molecule has 0 aliphatic rings. The molecule has 1 aromatic carbocycles. The number of nitrogens with two attached hydrogens (primary N) is 1. The van der Waals surface area contributed by atoms with E-state index in [1.807, 2.05) is 31.2 Å². The molecule has 1 unspecified atom stereocenters. The minimum absolute atomic E-state index is 0.228. The molecular weight excluding hydrogens is 297 g/mol. The van der Waals surface area contributed by atoms with Gasteiger partial charge in [0, 0.05) is 0 Å². The second-order valence-electron chi connectivity index (χ2n) is 5.95. The lowest BCUT2D eigenvalue weighted by Gasteiger charge is -2.24. The molecule has 23 heavy (non-hydrogen) atoms. The summed E-state index contributed by atoms with van der Waals surface area (Å²) in [7, 11) is -1.35.